The average Bonchev–Trinajstić information content (AvgIpc) is 2.46. The normalized spacial score (nSPS) is 10.7. The van der Waals surface area contributed by atoms with Gasteiger partial charge in [0.15, 0.2) is 6.61 Å². The Hall–Kier alpha value is -2.56. The fourth-order valence-electron chi connectivity index (χ4n) is 1.30. The van der Waals surface area contributed by atoms with Crippen molar-refractivity contribution in [3.05, 3.63) is 48.6 Å². The summed E-state index contributed by atoms with van der Waals surface area (Å²) >= 11 is 0. The van der Waals surface area contributed by atoms with Crippen molar-refractivity contribution < 1.29 is 19.1 Å². The number of nitrogens with one attached hydrogen (secondary N) is 1. The second-order valence-electron chi connectivity index (χ2n) is 3.77. The van der Waals surface area contributed by atoms with Crippen LogP contribution in [0.2, 0.25) is 0 Å². The first-order valence-corrected chi connectivity index (χ1v) is 6.05. The van der Waals surface area contributed by atoms with E-state index in [2.05, 4.69) is 5.32 Å². The first-order valence-electron chi connectivity index (χ1n) is 6.05. The zero-order valence-electron chi connectivity index (χ0n) is 11.5. The lowest BCUT2D eigenvalue weighted by Crippen LogP contribution is -2.20. The van der Waals surface area contributed by atoms with E-state index in [0.29, 0.717) is 11.4 Å². The number of ether oxygens (including phenoxy) is 2. The number of esters is 1. The van der Waals surface area contributed by atoms with Gasteiger partial charge in [-0.3, -0.25) is 4.79 Å². The van der Waals surface area contributed by atoms with Gasteiger partial charge in [0.2, 0.25) is 0 Å². The van der Waals surface area contributed by atoms with Crippen molar-refractivity contribution in [2.24, 2.45) is 0 Å². The molecule has 0 aliphatic rings. The maximum Gasteiger partial charge on any atom is 0.331 e. The SMILES string of the molecule is C/C=C/C=C/C(=O)OCC(=O)Nc1ccc(OC)cc1. The molecule has 1 aromatic carbocycles. The minimum atomic E-state index is -0.562. The molecule has 0 aliphatic carbocycles. The number of benzene rings is 1. The second-order valence-corrected chi connectivity index (χ2v) is 3.77. The summed E-state index contributed by atoms with van der Waals surface area (Å²) in [7, 11) is 1.56. The molecule has 0 aromatic heterocycles. The van der Waals surface area contributed by atoms with Gasteiger partial charge in [-0.2, -0.15) is 0 Å². The minimum Gasteiger partial charge on any atom is -0.497 e. The Morgan fingerprint density at radius 1 is 1.20 bits per heavy atom. The molecule has 106 valence electrons. The molecule has 0 aliphatic heterocycles. The highest BCUT2D eigenvalue weighted by molar-refractivity contribution is 5.93. The highest BCUT2D eigenvalue weighted by Gasteiger charge is 2.05. The standard InChI is InChI=1S/C15H17NO4/c1-3-4-5-6-15(18)20-11-14(17)16-12-7-9-13(19-2)10-8-12/h3-10H,11H2,1-2H3,(H,16,17)/b4-3+,6-5+. The van der Waals surface area contributed by atoms with Crippen molar-refractivity contribution in [1.29, 1.82) is 0 Å². The van der Waals surface area contributed by atoms with Gasteiger partial charge in [-0.05, 0) is 31.2 Å². The Kier molecular flexibility index (Phi) is 6.61. The number of carbonyl (C=O) groups is 2. The van der Waals surface area contributed by atoms with Crippen LogP contribution in [0.5, 0.6) is 5.75 Å². The Morgan fingerprint density at radius 2 is 1.90 bits per heavy atom. The van der Waals surface area contributed by atoms with Gasteiger partial charge in [0.1, 0.15) is 5.75 Å². The highest BCUT2D eigenvalue weighted by atomic mass is 16.5. The smallest absolute Gasteiger partial charge is 0.331 e. The van der Waals surface area contributed by atoms with Gasteiger partial charge >= 0.3 is 5.97 Å². The van der Waals surface area contributed by atoms with Crippen molar-refractivity contribution in [3.8, 4) is 5.75 Å². The van der Waals surface area contributed by atoms with Gasteiger partial charge in [-0.25, -0.2) is 4.79 Å². The van der Waals surface area contributed by atoms with Crippen molar-refractivity contribution in [3.63, 3.8) is 0 Å². The minimum absolute atomic E-state index is 0.328. The maximum atomic E-state index is 11.5. The maximum absolute atomic E-state index is 11.5. The molecular formula is C15H17NO4. The topological polar surface area (TPSA) is 64.6 Å². The van der Waals surface area contributed by atoms with E-state index in [1.54, 1.807) is 49.6 Å². The predicted molar refractivity (Wildman–Crippen MR) is 76.5 cm³/mol. The van der Waals surface area contributed by atoms with Gasteiger partial charge < -0.3 is 14.8 Å². The zero-order valence-corrected chi connectivity index (χ0v) is 11.5. The van der Waals surface area contributed by atoms with Crippen LogP contribution in [0.4, 0.5) is 5.69 Å². The summed E-state index contributed by atoms with van der Waals surface area (Å²) in [6.07, 6.45) is 6.27. The molecule has 1 amide bonds. The summed E-state index contributed by atoms with van der Waals surface area (Å²) in [5.74, 6) is -0.264. The molecule has 0 heterocycles. The number of methoxy groups -OCH3 is 1. The molecule has 0 unspecified atom stereocenters. The number of rotatable bonds is 6. The largest absolute Gasteiger partial charge is 0.497 e. The van der Waals surface area contributed by atoms with E-state index in [1.165, 1.54) is 6.08 Å². The average molecular weight is 275 g/mol. The van der Waals surface area contributed by atoms with Crippen molar-refractivity contribution in [2.45, 2.75) is 6.92 Å². The predicted octanol–water partition coefficient (Wildman–Crippen LogP) is 2.31. The van der Waals surface area contributed by atoms with Gasteiger partial charge in [-0.1, -0.05) is 18.2 Å². The Morgan fingerprint density at radius 3 is 2.50 bits per heavy atom. The summed E-state index contributed by atoms with van der Waals surface area (Å²) in [4.78, 5) is 22.8. The Balaban J connectivity index is 2.37. The van der Waals surface area contributed by atoms with Crippen LogP contribution in [0.3, 0.4) is 0 Å². The molecular weight excluding hydrogens is 258 g/mol. The second kappa shape index (κ2) is 8.53. The number of allylic oxidation sites excluding steroid dienone is 3. The van der Waals surface area contributed by atoms with Crippen LogP contribution in [0.25, 0.3) is 0 Å². The third-order valence-electron chi connectivity index (χ3n) is 2.26. The molecule has 0 fully saturated rings. The highest BCUT2D eigenvalue weighted by Crippen LogP contribution is 2.14. The summed E-state index contributed by atoms with van der Waals surface area (Å²) in [6, 6.07) is 6.85. The van der Waals surface area contributed by atoms with Gasteiger partial charge in [0.05, 0.1) is 7.11 Å². The number of amides is 1. The van der Waals surface area contributed by atoms with E-state index in [4.69, 9.17) is 9.47 Å². The quantitative estimate of drug-likeness (QED) is 0.491. The van der Waals surface area contributed by atoms with Crippen LogP contribution >= 0.6 is 0 Å². The van der Waals surface area contributed by atoms with Gasteiger partial charge in [0, 0.05) is 11.8 Å². The molecule has 1 N–H and O–H groups in total. The van der Waals surface area contributed by atoms with E-state index in [1.807, 2.05) is 6.92 Å². The first-order chi connectivity index (χ1) is 9.65. The van der Waals surface area contributed by atoms with Crippen molar-refractivity contribution in [2.75, 3.05) is 19.0 Å². The van der Waals surface area contributed by atoms with Crippen LogP contribution in [0, 0.1) is 0 Å². The van der Waals surface area contributed by atoms with Crippen LogP contribution in [0.15, 0.2) is 48.6 Å². The molecule has 20 heavy (non-hydrogen) atoms. The van der Waals surface area contributed by atoms with E-state index in [9.17, 15) is 9.59 Å². The molecule has 1 aromatic rings. The van der Waals surface area contributed by atoms with Crippen LogP contribution in [-0.2, 0) is 14.3 Å². The van der Waals surface area contributed by atoms with E-state index in [0.717, 1.165) is 0 Å². The fraction of sp³-hybridized carbons (Fsp3) is 0.200. The van der Waals surface area contributed by atoms with Gasteiger partial charge in [0.25, 0.3) is 5.91 Å². The lowest BCUT2D eigenvalue weighted by Gasteiger charge is -2.06. The number of hydrogen-bond acceptors (Lipinski definition) is 4. The number of hydrogen-bond donors (Lipinski definition) is 1. The van der Waals surface area contributed by atoms with Gasteiger partial charge in [-0.15, -0.1) is 0 Å². The number of carbonyl (C=O) groups excluding carboxylic acids is 2. The molecule has 5 nitrogen and oxygen atoms in total. The molecule has 0 radical (unpaired) electrons. The third-order valence-corrected chi connectivity index (χ3v) is 2.26. The first kappa shape index (κ1) is 15.5. The lowest BCUT2D eigenvalue weighted by atomic mass is 10.3. The molecule has 1 rings (SSSR count). The third kappa shape index (κ3) is 5.86. The fourth-order valence-corrected chi connectivity index (χ4v) is 1.30. The monoisotopic (exact) mass is 275 g/mol. The van der Waals surface area contributed by atoms with Crippen molar-refractivity contribution >= 4 is 17.6 Å². The van der Waals surface area contributed by atoms with Crippen molar-refractivity contribution in [1.82, 2.24) is 0 Å². The zero-order chi connectivity index (χ0) is 14.8. The Labute approximate surface area is 117 Å². The summed E-state index contributed by atoms with van der Waals surface area (Å²) < 4.78 is 9.78. The van der Waals surface area contributed by atoms with Crippen LogP contribution < -0.4 is 10.1 Å². The summed E-state index contributed by atoms with van der Waals surface area (Å²) in [5, 5.41) is 2.61. The summed E-state index contributed by atoms with van der Waals surface area (Å²) in [6.45, 7) is 1.50. The lowest BCUT2D eigenvalue weighted by molar-refractivity contribution is -0.142. The molecule has 5 heteroatoms. The molecule has 0 atom stereocenters. The summed E-state index contributed by atoms with van der Waals surface area (Å²) in [5.41, 5.74) is 0.608. The van der Waals surface area contributed by atoms with Crippen LogP contribution in [-0.4, -0.2) is 25.6 Å². The number of anilines is 1. The molecule has 0 saturated carbocycles. The van der Waals surface area contributed by atoms with E-state index in [-0.39, 0.29) is 6.61 Å². The molecule has 0 saturated heterocycles. The van der Waals surface area contributed by atoms with E-state index >= 15 is 0 Å². The molecule has 0 spiro atoms. The Bertz CT molecular complexity index is 503. The van der Waals surface area contributed by atoms with Crippen LogP contribution in [0.1, 0.15) is 6.92 Å². The molecule has 0 bridgehead atoms. The van der Waals surface area contributed by atoms with E-state index < -0.39 is 11.9 Å².